The van der Waals surface area contributed by atoms with Crippen molar-refractivity contribution in [3.8, 4) is 0 Å². The number of pyridine rings is 1. The van der Waals surface area contributed by atoms with Gasteiger partial charge in [0.25, 0.3) is 0 Å². The topological polar surface area (TPSA) is 53.5 Å². The Kier molecular flexibility index (Phi) is 5.48. The minimum absolute atomic E-state index is 0.0945. The van der Waals surface area contributed by atoms with Crippen LogP contribution in [0.4, 0.5) is 0 Å². The molecule has 0 aromatic carbocycles. The van der Waals surface area contributed by atoms with Crippen LogP contribution in [0.3, 0.4) is 0 Å². The van der Waals surface area contributed by atoms with Gasteiger partial charge in [-0.25, -0.2) is 13.4 Å². The van der Waals surface area contributed by atoms with Crippen molar-refractivity contribution < 1.29 is 8.42 Å². The van der Waals surface area contributed by atoms with E-state index in [1.807, 2.05) is 0 Å². The van der Waals surface area contributed by atoms with E-state index in [4.69, 9.17) is 23.2 Å². The van der Waals surface area contributed by atoms with Gasteiger partial charge >= 0.3 is 0 Å². The van der Waals surface area contributed by atoms with Gasteiger partial charge in [0.1, 0.15) is 10.0 Å². The number of aromatic nitrogens is 1. The molecule has 1 saturated heterocycles. The molecule has 0 aliphatic carbocycles. The third kappa shape index (κ3) is 3.51. The van der Waals surface area contributed by atoms with Gasteiger partial charge < -0.3 is 0 Å². The molecule has 118 valence electrons. The summed E-state index contributed by atoms with van der Waals surface area (Å²) in [7, 11) is -3.56. The minimum atomic E-state index is -3.56. The molecule has 2 rings (SSSR count). The van der Waals surface area contributed by atoms with Gasteiger partial charge in [0, 0.05) is 25.3 Å². The molecule has 0 N–H and O–H groups in total. The van der Waals surface area contributed by atoms with Crippen molar-refractivity contribution in [2.75, 3.05) is 26.2 Å². The maximum absolute atomic E-state index is 12.6. The summed E-state index contributed by atoms with van der Waals surface area (Å²) in [4.78, 5) is 6.19. The fourth-order valence-corrected chi connectivity index (χ4v) is 4.46. The quantitative estimate of drug-likeness (QED) is 0.764. The van der Waals surface area contributed by atoms with Gasteiger partial charge in [-0.05, 0) is 25.6 Å². The minimum Gasteiger partial charge on any atom is -0.300 e. The van der Waals surface area contributed by atoms with Crippen LogP contribution in [0.5, 0.6) is 0 Å². The third-order valence-corrected chi connectivity index (χ3v) is 6.38. The number of likely N-dealkylation sites (N-methyl/N-ethyl adjacent to an activating group) is 1. The molecule has 8 heteroatoms. The number of hydrogen-bond acceptors (Lipinski definition) is 4. The molecule has 1 unspecified atom stereocenters. The van der Waals surface area contributed by atoms with E-state index in [0.29, 0.717) is 13.1 Å². The van der Waals surface area contributed by atoms with Crippen molar-refractivity contribution >= 4 is 33.2 Å². The molecule has 1 aromatic heterocycles. The fraction of sp³-hybridized carbons (Fsp3) is 0.615. The van der Waals surface area contributed by atoms with Gasteiger partial charge in [-0.15, -0.1) is 0 Å². The Morgan fingerprint density at radius 1 is 1.38 bits per heavy atom. The average Bonchev–Trinajstić information content (AvgIpc) is 2.93. The Morgan fingerprint density at radius 3 is 2.62 bits per heavy atom. The summed E-state index contributed by atoms with van der Waals surface area (Å²) in [5, 5.41) is 0.260. The smallest absolute Gasteiger partial charge is 0.244 e. The molecule has 0 spiro atoms. The van der Waals surface area contributed by atoms with E-state index < -0.39 is 10.0 Å². The van der Waals surface area contributed by atoms with Crippen molar-refractivity contribution in [1.82, 2.24) is 14.2 Å². The second-order valence-electron chi connectivity index (χ2n) is 4.97. The fourth-order valence-electron chi connectivity index (χ4n) is 2.66. The molecule has 2 heterocycles. The Bertz CT molecular complexity index is 605. The van der Waals surface area contributed by atoms with E-state index in [9.17, 15) is 8.42 Å². The molecule has 1 atom stereocenters. The summed E-state index contributed by atoms with van der Waals surface area (Å²) in [6.45, 7) is 7.04. The standard InChI is InChI=1S/C13H19Cl2N3O2S/c1-3-17(4-2)10-5-6-18(9-10)21(19,20)11-7-12(14)13(15)16-8-11/h7-8,10H,3-6,9H2,1-2H3. The molecule has 5 nitrogen and oxygen atoms in total. The lowest BCUT2D eigenvalue weighted by Crippen LogP contribution is -2.38. The normalized spacial score (nSPS) is 20.3. The van der Waals surface area contributed by atoms with Crippen molar-refractivity contribution in [2.45, 2.75) is 31.2 Å². The highest BCUT2D eigenvalue weighted by molar-refractivity contribution is 7.89. The molecular weight excluding hydrogens is 333 g/mol. The lowest BCUT2D eigenvalue weighted by molar-refractivity contribution is 0.224. The Labute approximate surface area is 135 Å². The van der Waals surface area contributed by atoms with Crippen LogP contribution in [0.15, 0.2) is 17.2 Å². The van der Waals surface area contributed by atoms with Crippen LogP contribution >= 0.6 is 23.2 Å². The van der Waals surface area contributed by atoms with Crippen LogP contribution in [0.1, 0.15) is 20.3 Å². The lowest BCUT2D eigenvalue weighted by atomic mass is 10.2. The molecule has 1 aliphatic heterocycles. The molecule has 0 amide bonds. The molecule has 21 heavy (non-hydrogen) atoms. The zero-order chi connectivity index (χ0) is 15.6. The number of halogens is 2. The number of hydrogen-bond donors (Lipinski definition) is 0. The van der Waals surface area contributed by atoms with Crippen LogP contribution in [0, 0.1) is 0 Å². The first-order valence-corrected chi connectivity index (χ1v) is 9.15. The lowest BCUT2D eigenvalue weighted by Gasteiger charge is -2.26. The first-order valence-electron chi connectivity index (χ1n) is 6.95. The van der Waals surface area contributed by atoms with Crippen molar-refractivity contribution in [3.63, 3.8) is 0 Å². The first kappa shape index (κ1) is 17.0. The first-order chi connectivity index (χ1) is 9.90. The van der Waals surface area contributed by atoms with Crippen LogP contribution in [-0.4, -0.2) is 54.8 Å². The van der Waals surface area contributed by atoms with E-state index in [2.05, 4.69) is 23.7 Å². The molecule has 0 radical (unpaired) electrons. The predicted octanol–water partition coefficient (Wildman–Crippen LogP) is 2.49. The molecule has 1 aliphatic rings. The number of rotatable bonds is 5. The second-order valence-corrected chi connectivity index (χ2v) is 7.67. The molecular formula is C13H19Cl2N3O2S. The van der Waals surface area contributed by atoms with Crippen molar-refractivity contribution in [2.24, 2.45) is 0 Å². The largest absolute Gasteiger partial charge is 0.300 e. The average molecular weight is 352 g/mol. The van der Waals surface area contributed by atoms with Crippen molar-refractivity contribution in [3.05, 3.63) is 22.4 Å². The van der Waals surface area contributed by atoms with Gasteiger partial charge in [0.05, 0.1) is 5.02 Å². The van der Waals surface area contributed by atoms with Gasteiger partial charge in [0.15, 0.2) is 0 Å². The van der Waals surface area contributed by atoms with Gasteiger partial charge in [-0.3, -0.25) is 4.90 Å². The van der Waals surface area contributed by atoms with E-state index in [-0.39, 0.29) is 21.1 Å². The van der Waals surface area contributed by atoms with Crippen LogP contribution in [0.25, 0.3) is 0 Å². The highest BCUT2D eigenvalue weighted by Crippen LogP contribution is 2.27. The van der Waals surface area contributed by atoms with E-state index in [1.54, 1.807) is 0 Å². The van der Waals surface area contributed by atoms with Gasteiger partial charge in [0.2, 0.25) is 10.0 Å². The van der Waals surface area contributed by atoms with Crippen LogP contribution < -0.4 is 0 Å². The Morgan fingerprint density at radius 2 is 2.05 bits per heavy atom. The zero-order valence-electron chi connectivity index (χ0n) is 12.1. The highest BCUT2D eigenvalue weighted by Gasteiger charge is 2.34. The van der Waals surface area contributed by atoms with Crippen LogP contribution in [0.2, 0.25) is 10.2 Å². The molecule has 0 bridgehead atoms. The number of sulfonamides is 1. The Balaban J connectivity index is 2.19. The van der Waals surface area contributed by atoms with Crippen molar-refractivity contribution in [1.29, 1.82) is 0 Å². The molecule has 0 saturated carbocycles. The van der Waals surface area contributed by atoms with Gasteiger partial charge in [-0.1, -0.05) is 37.0 Å². The van der Waals surface area contributed by atoms with Crippen LogP contribution in [-0.2, 0) is 10.0 Å². The van der Waals surface area contributed by atoms with Gasteiger partial charge in [-0.2, -0.15) is 4.31 Å². The highest BCUT2D eigenvalue weighted by atomic mass is 35.5. The predicted molar refractivity (Wildman–Crippen MR) is 84.3 cm³/mol. The molecule has 1 fully saturated rings. The third-order valence-electron chi connectivity index (χ3n) is 3.86. The summed E-state index contributed by atoms with van der Waals surface area (Å²) in [5.74, 6) is 0. The maximum Gasteiger partial charge on any atom is 0.244 e. The number of nitrogens with zero attached hydrogens (tertiary/aromatic N) is 3. The van der Waals surface area contributed by atoms with E-state index >= 15 is 0 Å². The zero-order valence-corrected chi connectivity index (χ0v) is 14.4. The summed E-state index contributed by atoms with van der Waals surface area (Å²) in [5.41, 5.74) is 0. The van der Waals surface area contributed by atoms with E-state index in [0.717, 1.165) is 19.5 Å². The summed E-state index contributed by atoms with van der Waals surface area (Å²) >= 11 is 11.6. The SMILES string of the molecule is CCN(CC)C1CCN(S(=O)(=O)c2cnc(Cl)c(Cl)c2)C1. The second kappa shape index (κ2) is 6.79. The summed E-state index contributed by atoms with van der Waals surface area (Å²) < 4.78 is 26.7. The maximum atomic E-state index is 12.6. The monoisotopic (exact) mass is 351 g/mol. The van der Waals surface area contributed by atoms with E-state index in [1.165, 1.54) is 16.6 Å². The summed E-state index contributed by atoms with van der Waals surface area (Å²) in [6.07, 6.45) is 2.10. The Hall–Kier alpha value is -0.400. The molecule has 1 aromatic rings. The summed E-state index contributed by atoms with van der Waals surface area (Å²) in [6, 6.07) is 1.63.